The fourth-order valence-corrected chi connectivity index (χ4v) is 5.46. The summed E-state index contributed by atoms with van der Waals surface area (Å²) in [7, 11) is 2.11. The summed E-state index contributed by atoms with van der Waals surface area (Å²) in [5.74, 6) is 0.239. The molecule has 1 unspecified atom stereocenters. The zero-order valence-electron chi connectivity index (χ0n) is 18.0. The second-order valence-corrected chi connectivity index (χ2v) is 9.71. The van der Waals surface area contributed by atoms with Gasteiger partial charge in [-0.15, -0.1) is 5.10 Å². The van der Waals surface area contributed by atoms with Crippen LogP contribution in [0, 0.1) is 5.92 Å². The van der Waals surface area contributed by atoms with Gasteiger partial charge in [0.15, 0.2) is 0 Å². The average Bonchev–Trinajstić information content (AvgIpc) is 3.20. The van der Waals surface area contributed by atoms with Crippen molar-refractivity contribution in [2.75, 3.05) is 38.1 Å². The van der Waals surface area contributed by atoms with Gasteiger partial charge in [0.2, 0.25) is 10.1 Å². The molecule has 2 aliphatic rings. The van der Waals surface area contributed by atoms with Crippen LogP contribution in [-0.2, 0) is 0 Å². The highest BCUT2D eigenvalue weighted by atomic mass is 32.1. The van der Waals surface area contributed by atoms with Gasteiger partial charge in [0.25, 0.3) is 11.5 Å². The Morgan fingerprint density at radius 3 is 2.83 bits per heavy atom. The lowest BCUT2D eigenvalue weighted by molar-refractivity contribution is 0.0942. The average molecular weight is 433 g/mol. The molecule has 1 aliphatic carbocycles. The number of likely N-dealkylation sites (N-methyl/N-ethyl adjacent to an activating group) is 1. The number of fused-ring (bicyclic) bond motifs is 1. The number of anilines is 1. The number of piperidine rings is 1. The van der Waals surface area contributed by atoms with Crippen LogP contribution in [0.2, 0.25) is 0 Å². The van der Waals surface area contributed by atoms with E-state index in [1.807, 2.05) is 0 Å². The molecule has 0 aromatic carbocycles. The molecule has 1 N–H and O–H groups in total. The second kappa shape index (κ2) is 9.43. The Kier molecular flexibility index (Phi) is 6.67. The van der Waals surface area contributed by atoms with Crippen LogP contribution in [0.1, 0.15) is 62.2 Å². The summed E-state index contributed by atoms with van der Waals surface area (Å²) in [5.41, 5.74) is -0.345. The minimum absolute atomic E-state index is 0.0525. The molecular weight excluding hydrogens is 400 g/mol. The van der Waals surface area contributed by atoms with Crippen molar-refractivity contribution >= 4 is 27.3 Å². The summed E-state index contributed by atoms with van der Waals surface area (Å²) < 4.78 is 1.28. The van der Waals surface area contributed by atoms with Crippen molar-refractivity contribution in [3.05, 3.63) is 22.1 Å². The minimum Gasteiger partial charge on any atom is -0.351 e. The molecule has 2 aromatic rings. The first-order valence-corrected chi connectivity index (χ1v) is 12.0. The summed E-state index contributed by atoms with van der Waals surface area (Å²) >= 11 is 1.41. The summed E-state index contributed by atoms with van der Waals surface area (Å²) in [6.45, 7) is 5.42. The van der Waals surface area contributed by atoms with Gasteiger partial charge in [-0.05, 0) is 38.6 Å². The maximum Gasteiger partial charge on any atom is 0.288 e. The normalized spacial score (nSPS) is 20.8. The van der Waals surface area contributed by atoms with Crippen molar-refractivity contribution in [3.8, 4) is 0 Å². The van der Waals surface area contributed by atoms with Crippen LogP contribution in [0.3, 0.4) is 0 Å². The third-order valence-corrected chi connectivity index (χ3v) is 7.38. The van der Waals surface area contributed by atoms with Crippen molar-refractivity contribution in [1.29, 1.82) is 0 Å². The van der Waals surface area contributed by atoms with Gasteiger partial charge in [-0.3, -0.25) is 9.59 Å². The van der Waals surface area contributed by atoms with Crippen LogP contribution in [-0.4, -0.2) is 64.7 Å². The highest BCUT2D eigenvalue weighted by molar-refractivity contribution is 7.20. The molecule has 3 heterocycles. The van der Waals surface area contributed by atoms with E-state index in [1.54, 1.807) is 0 Å². The van der Waals surface area contributed by atoms with Gasteiger partial charge in [0, 0.05) is 38.4 Å². The van der Waals surface area contributed by atoms with Crippen LogP contribution < -0.4 is 15.8 Å². The molecule has 0 bridgehead atoms. The standard InChI is InChI=1S/C21H32N6O2S/c1-15-7-6-11-26(14-15)21-24-27-19(29)17(13-23-20(27)30-21)18(28)22-10-12-25(2)16-8-4-3-5-9-16/h13,15-16H,3-12,14H2,1-2H3,(H,22,28). The molecule has 0 spiro atoms. The maximum atomic E-state index is 12.9. The molecule has 30 heavy (non-hydrogen) atoms. The first kappa shape index (κ1) is 21.2. The Morgan fingerprint density at radius 2 is 2.07 bits per heavy atom. The molecule has 1 saturated heterocycles. The first-order chi connectivity index (χ1) is 14.5. The molecule has 2 fully saturated rings. The number of carbonyl (C=O) groups excluding carboxylic acids is 1. The van der Waals surface area contributed by atoms with Crippen molar-refractivity contribution in [2.24, 2.45) is 5.92 Å². The SMILES string of the molecule is CC1CCCN(c2nn3c(=O)c(C(=O)NCCN(C)C4CCCCC4)cnc3s2)C1. The highest BCUT2D eigenvalue weighted by Gasteiger charge is 2.22. The fraction of sp³-hybridized carbons (Fsp3) is 0.714. The van der Waals surface area contributed by atoms with Crippen LogP contribution in [0.15, 0.2) is 11.0 Å². The zero-order chi connectivity index (χ0) is 21.1. The molecule has 1 atom stereocenters. The van der Waals surface area contributed by atoms with Gasteiger partial charge >= 0.3 is 0 Å². The number of nitrogens with one attached hydrogen (secondary N) is 1. The molecule has 8 nitrogen and oxygen atoms in total. The van der Waals surface area contributed by atoms with E-state index in [-0.39, 0.29) is 11.5 Å². The van der Waals surface area contributed by atoms with Gasteiger partial charge in [0.05, 0.1) is 0 Å². The quantitative estimate of drug-likeness (QED) is 0.755. The van der Waals surface area contributed by atoms with E-state index in [0.29, 0.717) is 23.5 Å². The molecule has 9 heteroatoms. The van der Waals surface area contributed by atoms with E-state index < -0.39 is 5.56 Å². The van der Waals surface area contributed by atoms with Crippen molar-refractivity contribution in [2.45, 2.75) is 57.9 Å². The van der Waals surface area contributed by atoms with Gasteiger partial charge in [-0.2, -0.15) is 4.52 Å². The van der Waals surface area contributed by atoms with Crippen LogP contribution in [0.5, 0.6) is 0 Å². The van der Waals surface area contributed by atoms with Crippen molar-refractivity contribution in [1.82, 2.24) is 24.8 Å². The maximum absolute atomic E-state index is 12.9. The predicted octanol–water partition coefficient (Wildman–Crippen LogP) is 2.38. The summed E-state index contributed by atoms with van der Waals surface area (Å²) in [5, 5.41) is 8.17. The Labute approximate surface area is 181 Å². The van der Waals surface area contributed by atoms with Gasteiger partial charge in [-0.25, -0.2) is 4.98 Å². The van der Waals surface area contributed by atoms with E-state index in [0.717, 1.165) is 31.2 Å². The van der Waals surface area contributed by atoms with E-state index >= 15 is 0 Å². The number of amides is 1. The van der Waals surface area contributed by atoms with Crippen molar-refractivity contribution in [3.63, 3.8) is 0 Å². The Hall–Kier alpha value is -2.00. The van der Waals surface area contributed by atoms with E-state index in [4.69, 9.17) is 0 Å². The second-order valence-electron chi connectivity index (χ2n) is 8.78. The lowest BCUT2D eigenvalue weighted by atomic mass is 9.94. The molecule has 1 aliphatic heterocycles. The van der Waals surface area contributed by atoms with Crippen LogP contribution in [0.25, 0.3) is 4.96 Å². The molecule has 1 amide bonds. The lowest BCUT2D eigenvalue weighted by Crippen LogP contribution is -2.40. The highest BCUT2D eigenvalue weighted by Crippen LogP contribution is 2.26. The smallest absolute Gasteiger partial charge is 0.288 e. The number of rotatable bonds is 6. The topological polar surface area (TPSA) is 82.8 Å². The van der Waals surface area contributed by atoms with Gasteiger partial charge in [-0.1, -0.05) is 37.5 Å². The number of carbonyl (C=O) groups is 1. The Morgan fingerprint density at radius 1 is 1.27 bits per heavy atom. The summed E-state index contributed by atoms with van der Waals surface area (Å²) in [6, 6.07) is 0.602. The predicted molar refractivity (Wildman–Crippen MR) is 120 cm³/mol. The Balaban J connectivity index is 1.40. The lowest BCUT2D eigenvalue weighted by Gasteiger charge is -2.31. The number of aromatic nitrogens is 3. The van der Waals surface area contributed by atoms with E-state index in [2.05, 4.69) is 39.2 Å². The zero-order valence-corrected chi connectivity index (χ0v) is 18.8. The first-order valence-electron chi connectivity index (χ1n) is 11.1. The third kappa shape index (κ3) is 4.67. The molecule has 4 rings (SSSR count). The van der Waals surface area contributed by atoms with Gasteiger partial charge in [0.1, 0.15) is 5.56 Å². The summed E-state index contributed by atoms with van der Waals surface area (Å²) in [4.78, 5) is 34.9. The Bertz CT molecular complexity index is 935. The van der Waals surface area contributed by atoms with Crippen LogP contribution >= 0.6 is 11.3 Å². The number of nitrogens with zero attached hydrogens (tertiary/aromatic N) is 5. The van der Waals surface area contributed by atoms with Crippen LogP contribution in [0.4, 0.5) is 5.13 Å². The number of hydrogen-bond acceptors (Lipinski definition) is 7. The van der Waals surface area contributed by atoms with E-state index in [1.165, 1.54) is 60.6 Å². The number of hydrogen-bond donors (Lipinski definition) is 1. The fourth-order valence-electron chi connectivity index (χ4n) is 4.57. The molecule has 0 radical (unpaired) electrons. The molecule has 2 aromatic heterocycles. The monoisotopic (exact) mass is 432 g/mol. The van der Waals surface area contributed by atoms with Gasteiger partial charge < -0.3 is 15.1 Å². The largest absolute Gasteiger partial charge is 0.351 e. The van der Waals surface area contributed by atoms with Crippen molar-refractivity contribution < 1.29 is 4.79 Å². The third-order valence-electron chi connectivity index (χ3n) is 6.40. The molecular formula is C21H32N6O2S. The molecule has 164 valence electrons. The molecule has 1 saturated carbocycles. The minimum atomic E-state index is -0.398. The van der Waals surface area contributed by atoms with E-state index in [9.17, 15) is 9.59 Å². The summed E-state index contributed by atoms with van der Waals surface area (Å²) in [6.07, 6.45) is 10.1.